The van der Waals surface area contributed by atoms with Gasteiger partial charge >= 0.3 is 0 Å². The molecule has 4 rings (SSSR count). The lowest BCUT2D eigenvalue weighted by molar-refractivity contribution is 0.736. The average molecular weight is 410 g/mol. The molecule has 0 radical (unpaired) electrons. The van der Waals surface area contributed by atoms with Gasteiger partial charge in [-0.15, -0.1) is 0 Å². The minimum absolute atomic E-state index is 0.112. The van der Waals surface area contributed by atoms with Crippen molar-refractivity contribution < 1.29 is 0 Å². The summed E-state index contributed by atoms with van der Waals surface area (Å²) in [7, 11) is 0. The van der Waals surface area contributed by atoms with Gasteiger partial charge in [-0.3, -0.25) is 0 Å². The Kier molecular flexibility index (Phi) is 5.50. The van der Waals surface area contributed by atoms with Gasteiger partial charge in [0.2, 0.25) is 0 Å². The van der Waals surface area contributed by atoms with Gasteiger partial charge in [0.25, 0.3) is 0 Å². The zero-order chi connectivity index (χ0) is 22.3. The number of nitriles is 1. The molecule has 1 aliphatic rings. The van der Waals surface area contributed by atoms with Gasteiger partial charge < -0.3 is 9.80 Å². The Morgan fingerprint density at radius 1 is 0.774 bits per heavy atom. The molecule has 0 amide bonds. The first-order valence-corrected chi connectivity index (χ1v) is 11.2. The summed E-state index contributed by atoms with van der Waals surface area (Å²) in [6, 6.07) is 23.7. The van der Waals surface area contributed by atoms with E-state index < -0.39 is 0 Å². The van der Waals surface area contributed by atoms with Gasteiger partial charge in [0.1, 0.15) is 6.17 Å². The minimum Gasteiger partial charge on any atom is -0.318 e. The van der Waals surface area contributed by atoms with Crippen molar-refractivity contribution in [3.8, 4) is 6.07 Å². The maximum atomic E-state index is 9.31. The molecular weight excluding hydrogens is 378 g/mol. The zero-order valence-electron chi connectivity index (χ0n) is 19.3. The van der Waals surface area contributed by atoms with Crippen LogP contribution in [0.5, 0.6) is 0 Å². The van der Waals surface area contributed by atoms with Gasteiger partial charge in [0.15, 0.2) is 0 Å². The first-order valence-electron chi connectivity index (χ1n) is 11.2. The second-order valence-electron chi connectivity index (χ2n) is 9.07. The second kappa shape index (κ2) is 8.12. The SMILES string of the molecule is Cc1cc(C#N)ccc1N1c2ccccc2N(c2c(C(C)C)cccc2C(C)C)C1C. The topological polar surface area (TPSA) is 30.3 Å². The van der Waals surface area contributed by atoms with Crippen LogP contribution in [0, 0.1) is 18.3 Å². The summed E-state index contributed by atoms with van der Waals surface area (Å²) in [5.74, 6) is 0.859. The Morgan fingerprint density at radius 3 is 1.87 bits per heavy atom. The molecule has 1 aliphatic heterocycles. The number of fused-ring (bicyclic) bond motifs is 1. The molecule has 0 N–H and O–H groups in total. The van der Waals surface area contributed by atoms with Gasteiger partial charge in [-0.25, -0.2) is 0 Å². The van der Waals surface area contributed by atoms with Crippen LogP contribution in [0.25, 0.3) is 0 Å². The number of rotatable bonds is 4. The van der Waals surface area contributed by atoms with E-state index >= 15 is 0 Å². The molecule has 158 valence electrons. The smallest absolute Gasteiger partial charge is 0.108 e. The summed E-state index contributed by atoms with van der Waals surface area (Å²) in [6.07, 6.45) is 0.112. The molecule has 3 nitrogen and oxygen atoms in total. The fraction of sp³-hybridized carbons (Fsp3) is 0.321. The molecule has 0 spiro atoms. The molecule has 0 aromatic heterocycles. The first-order chi connectivity index (χ1) is 14.8. The molecule has 0 fully saturated rings. The van der Waals surface area contributed by atoms with Crippen LogP contribution in [0.1, 0.15) is 68.7 Å². The molecule has 0 saturated heterocycles. The van der Waals surface area contributed by atoms with E-state index in [-0.39, 0.29) is 6.17 Å². The largest absolute Gasteiger partial charge is 0.318 e. The molecule has 3 heteroatoms. The third-order valence-corrected chi connectivity index (χ3v) is 6.32. The van der Waals surface area contributed by atoms with Gasteiger partial charge in [-0.1, -0.05) is 58.0 Å². The fourth-order valence-corrected chi connectivity index (χ4v) is 4.81. The molecule has 1 atom stereocenters. The van der Waals surface area contributed by atoms with Crippen LogP contribution in [0.2, 0.25) is 0 Å². The van der Waals surface area contributed by atoms with Gasteiger partial charge in [-0.05, 0) is 72.7 Å². The van der Waals surface area contributed by atoms with Crippen molar-refractivity contribution in [2.24, 2.45) is 0 Å². The Bertz CT molecular complexity index is 1130. The van der Waals surface area contributed by atoms with E-state index in [4.69, 9.17) is 0 Å². The summed E-state index contributed by atoms with van der Waals surface area (Å²) in [6.45, 7) is 13.5. The molecule has 1 unspecified atom stereocenters. The molecule has 0 aliphatic carbocycles. The third kappa shape index (κ3) is 3.47. The highest BCUT2D eigenvalue weighted by molar-refractivity contribution is 5.90. The molecule has 1 heterocycles. The predicted molar refractivity (Wildman–Crippen MR) is 131 cm³/mol. The highest BCUT2D eigenvalue weighted by Gasteiger charge is 2.37. The third-order valence-electron chi connectivity index (χ3n) is 6.32. The summed E-state index contributed by atoms with van der Waals surface area (Å²) < 4.78 is 0. The summed E-state index contributed by atoms with van der Waals surface area (Å²) >= 11 is 0. The van der Waals surface area contributed by atoms with E-state index in [2.05, 4.69) is 106 Å². The van der Waals surface area contributed by atoms with E-state index in [1.807, 2.05) is 12.1 Å². The minimum atomic E-state index is 0.112. The maximum Gasteiger partial charge on any atom is 0.108 e. The van der Waals surface area contributed by atoms with Crippen LogP contribution >= 0.6 is 0 Å². The number of para-hydroxylation sites is 3. The predicted octanol–water partition coefficient (Wildman–Crippen LogP) is 7.75. The van der Waals surface area contributed by atoms with Crippen LogP contribution < -0.4 is 9.80 Å². The van der Waals surface area contributed by atoms with Crippen LogP contribution in [0.3, 0.4) is 0 Å². The lowest BCUT2D eigenvalue weighted by Gasteiger charge is -2.35. The highest BCUT2D eigenvalue weighted by atomic mass is 15.4. The van der Waals surface area contributed by atoms with E-state index in [1.165, 1.54) is 28.2 Å². The van der Waals surface area contributed by atoms with Crippen LogP contribution in [0.15, 0.2) is 60.7 Å². The van der Waals surface area contributed by atoms with Crippen molar-refractivity contribution in [2.75, 3.05) is 9.80 Å². The van der Waals surface area contributed by atoms with Crippen molar-refractivity contribution >= 4 is 22.7 Å². The number of benzene rings is 3. The quantitative estimate of drug-likeness (QED) is 0.441. The first kappa shape index (κ1) is 21.0. The van der Waals surface area contributed by atoms with Crippen molar-refractivity contribution in [1.82, 2.24) is 0 Å². The normalized spacial score (nSPS) is 15.5. The molecule has 0 saturated carbocycles. The zero-order valence-corrected chi connectivity index (χ0v) is 19.3. The van der Waals surface area contributed by atoms with Crippen LogP contribution in [-0.2, 0) is 0 Å². The molecular formula is C28H31N3. The van der Waals surface area contributed by atoms with Crippen molar-refractivity contribution in [3.63, 3.8) is 0 Å². The molecule has 0 bridgehead atoms. The standard InChI is InChI=1S/C28H31N3/c1-18(2)23-10-9-11-24(19(3)4)28(23)31-21(6)30(26-12-7-8-13-27(26)31)25-15-14-22(17-29)16-20(25)5/h7-16,18-19,21H,1-6H3. The molecule has 3 aromatic rings. The van der Waals surface area contributed by atoms with E-state index in [0.29, 0.717) is 17.4 Å². The maximum absolute atomic E-state index is 9.31. The van der Waals surface area contributed by atoms with Crippen molar-refractivity contribution in [3.05, 3.63) is 82.9 Å². The van der Waals surface area contributed by atoms with Crippen LogP contribution in [-0.4, -0.2) is 6.17 Å². The number of aryl methyl sites for hydroxylation is 1. The number of hydrogen-bond donors (Lipinski definition) is 0. The Balaban J connectivity index is 1.95. The lowest BCUT2D eigenvalue weighted by Crippen LogP contribution is -2.36. The Labute approximate surface area is 186 Å². The van der Waals surface area contributed by atoms with Crippen molar-refractivity contribution in [2.45, 2.75) is 59.5 Å². The number of hydrogen-bond acceptors (Lipinski definition) is 3. The number of nitrogens with zero attached hydrogens (tertiary/aromatic N) is 3. The van der Waals surface area contributed by atoms with Crippen molar-refractivity contribution in [1.29, 1.82) is 5.26 Å². The van der Waals surface area contributed by atoms with Gasteiger partial charge in [-0.2, -0.15) is 5.26 Å². The molecule has 31 heavy (non-hydrogen) atoms. The fourth-order valence-electron chi connectivity index (χ4n) is 4.81. The number of anilines is 4. The Morgan fingerprint density at radius 2 is 1.35 bits per heavy atom. The van der Waals surface area contributed by atoms with Gasteiger partial charge in [0.05, 0.1) is 28.7 Å². The summed E-state index contributed by atoms with van der Waals surface area (Å²) in [4.78, 5) is 4.92. The second-order valence-corrected chi connectivity index (χ2v) is 9.07. The van der Waals surface area contributed by atoms with E-state index in [0.717, 1.165) is 11.3 Å². The average Bonchev–Trinajstić information content (AvgIpc) is 3.04. The Hall–Kier alpha value is -3.25. The highest BCUT2D eigenvalue weighted by Crippen LogP contribution is 2.51. The summed E-state index contributed by atoms with van der Waals surface area (Å²) in [5, 5.41) is 9.31. The van der Waals surface area contributed by atoms with Gasteiger partial charge in [0, 0.05) is 5.69 Å². The summed E-state index contributed by atoms with van der Waals surface area (Å²) in [5.41, 5.74) is 9.49. The molecule has 3 aromatic carbocycles. The van der Waals surface area contributed by atoms with E-state index in [9.17, 15) is 5.26 Å². The van der Waals surface area contributed by atoms with E-state index in [1.54, 1.807) is 0 Å². The monoisotopic (exact) mass is 409 g/mol. The lowest BCUT2D eigenvalue weighted by atomic mass is 9.91. The van der Waals surface area contributed by atoms with Crippen LogP contribution in [0.4, 0.5) is 22.7 Å².